The summed E-state index contributed by atoms with van der Waals surface area (Å²) in [4.78, 5) is 4.67. The molecule has 2 fully saturated rings. The Labute approximate surface area is 88.5 Å². The van der Waals surface area contributed by atoms with E-state index < -0.39 is 0 Å². The first kappa shape index (κ1) is 8.86. The van der Waals surface area contributed by atoms with E-state index >= 15 is 0 Å². The van der Waals surface area contributed by atoms with E-state index in [0.717, 1.165) is 23.4 Å². The quantitative estimate of drug-likeness (QED) is 0.829. The lowest BCUT2D eigenvalue weighted by molar-refractivity contribution is 0.675. The minimum atomic E-state index is 0.147. The number of rotatable bonds is 3. The van der Waals surface area contributed by atoms with E-state index in [4.69, 9.17) is 5.73 Å². The summed E-state index contributed by atoms with van der Waals surface area (Å²) in [6.07, 6.45) is 5.25. The molecule has 1 aromatic heterocycles. The summed E-state index contributed by atoms with van der Waals surface area (Å²) in [6.45, 7) is 2.11. The Morgan fingerprint density at radius 2 is 2.50 bits per heavy atom. The molecule has 0 aromatic carbocycles. The van der Waals surface area contributed by atoms with Crippen LogP contribution in [0.25, 0.3) is 0 Å². The summed E-state index contributed by atoms with van der Waals surface area (Å²) >= 11 is 1.82. The molecule has 2 aliphatic rings. The van der Waals surface area contributed by atoms with Crippen LogP contribution in [-0.2, 0) is 0 Å². The number of nitrogens with two attached hydrogens (primary N) is 1. The summed E-state index contributed by atoms with van der Waals surface area (Å²) in [6, 6.07) is 0.147. The van der Waals surface area contributed by atoms with Gasteiger partial charge in [-0.25, -0.2) is 4.98 Å². The highest BCUT2D eigenvalue weighted by Gasteiger charge is 2.64. The Kier molecular flexibility index (Phi) is 1.77. The number of aromatic nitrogens is 1. The lowest BCUT2D eigenvalue weighted by Gasteiger charge is -2.02. The van der Waals surface area contributed by atoms with Crippen molar-refractivity contribution in [3.63, 3.8) is 0 Å². The van der Waals surface area contributed by atoms with Crippen LogP contribution in [0.2, 0.25) is 0 Å². The van der Waals surface area contributed by atoms with E-state index in [2.05, 4.69) is 17.3 Å². The third kappa shape index (κ3) is 1.22. The minimum absolute atomic E-state index is 0.147. The predicted octanol–water partition coefficient (Wildman–Crippen LogP) is 2.82. The van der Waals surface area contributed by atoms with Gasteiger partial charge in [-0.05, 0) is 31.1 Å². The lowest BCUT2D eigenvalue weighted by atomic mass is 10.2. The molecule has 1 spiro atoms. The average molecular weight is 208 g/mol. The van der Waals surface area contributed by atoms with Gasteiger partial charge in [0.1, 0.15) is 0 Å². The van der Waals surface area contributed by atoms with Gasteiger partial charge < -0.3 is 5.73 Å². The maximum absolute atomic E-state index is 5.96. The van der Waals surface area contributed by atoms with Crippen LogP contribution in [0.4, 0.5) is 0 Å². The van der Waals surface area contributed by atoms with Crippen LogP contribution in [0.5, 0.6) is 0 Å². The highest BCUT2D eigenvalue weighted by molar-refractivity contribution is 7.09. The van der Waals surface area contributed by atoms with Gasteiger partial charge in [0.05, 0.1) is 10.7 Å². The summed E-state index contributed by atoms with van der Waals surface area (Å²) < 4.78 is 0. The smallest absolute Gasteiger partial charge is 0.0965 e. The van der Waals surface area contributed by atoms with Crippen LogP contribution in [0, 0.1) is 5.41 Å². The van der Waals surface area contributed by atoms with Gasteiger partial charge in [-0.1, -0.05) is 6.92 Å². The maximum Gasteiger partial charge on any atom is 0.0965 e. The van der Waals surface area contributed by atoms with Crippen molar-refractivity contribution in [2.45, 2.75) is 44.6 Å². The monoisotopic (exact) mass is 208 g/mol. The zero-order chi connectivity index (χ0) is 9.76. The Balaban J connectivity index is 1.77. The van der Waals surface area contributed by atoms with Crippen molar-refractivity contribution in [2.75, 3.05) is 0 Å². The molecule has 0 bridgehead atoms. The fraction of sp³-hybridized carbons (Fsp3) is 0.727. The molecule has 0 aliphatic heterocycles. The van der Waals surface area contributed by atoms with Crippen molar-refractivity contribution in [2.24, 2.45) is 11.1 Å². The molecule has 2 nitrogen and oxygen atoms in total. The van der Waals surface area contributed by atoms with E-state index in [1.807, 2.05) is 11.3 Å². The van der Waals surface area contributed by atoms with E-state index in [9.17, 15) is 0 Å². The summed E-state index contributed by atoms with van der Waals surface area (Å²) in [5.41, 5.74) is 7.79. The van der Waals surface area contributed by atoms with Crippen molar-refractivity contribution >= 4 is 11.3 Å². The molecular weight excluding hydrogens is 192 g/mol. The van der Waals surface area contributed by atoms with Gasteiger partial charge >= 0.3 is 0 Å². The molecular formula is C11H16N2S. The van der Waals surface area contributed by atoms with Crippen LogP contribution in [-0.4, -0.2) is 4.98 Å². The van der Waals surface area contributed by atoms with Gasteiger partial charge in [-0.3, -0.25) is 0 Å². The minimum Gasteiger partial charge on any atom is -0.323 e. The Bertz CT molecular complexity index is 354. The molecule has 76 valence electrons. The van der Waals surface area contributed by atoms with Gasteiger partial charge in [-0.15, -0.1) is 11.3 Å². The third-order valence-electron chi connectivity index (χ3n) is 3.74. The maximum atomic E-state index is 5.96. The first-order valence-corrected chi connectivity index (χ1v) is 6.34. The van der Waals surface area contributed by atoms with Crippen LogP contribution >= 0.6 is 11.3 Å². The molecule has 2 atom stereocenters. The van der Waals surface area contributed by atoms with Gasteiger partial charge in [0.2, 0.25) is 0 Å². The molecule has 3 heteroatoms. The van der Waals surface area contributed by atoms with Crippen LogP contribution < -0.4 is 5.73 Å². The molecule has 14 heavy (non-hydrogen) atoms. The van der Waals surface area contributed by atoms with Crippen LogP contribution in [0.3, 0.4) is 0 Å². The standard InChI is InChI=1S/C11H16N2S/c1-2-8(12)9-6-14-10(13-9)7-5-11(7)3-4-11/h6-8H,2-5,12H2,1H3. The molecule has 0 amide bonds. The van der Waals surface area contributed by atoms with Crippen molar-refractivity contribution in [1.82, 2.24) is 4.98 Å². The summed E-state index contributed by atoms with van der Waals surface area (Å²) in [5.74, 6) is 0.797. The normalized spacial score (nSPS) is 29.1. The molecule has 2 N–H and O–H groups in total. The zero-order valence-corrected chi connectivity index (χ0v) is 9.31. The van der Waals surface area contributed by atoms with E-state index in [1.165, 1.54) is 24.3 Å². The van der Waals surface area contributed by atoms with Crippen molar-refractivity contribution in [3.8, 4) is 0 Å². The summed E-state index contributed by atoms with van der Waals surface area (Å²) in [7, 11) is 0. The number of hydrogen-bond donors (Lipinski definition) is 1. The fourth-order valence-corrected chi connectivity index (χ4v) is 3.37. The Morgan fingerprint density at radius 3 is 3.07 bits per heavy atom. The van der Waals surface area contributed by atoms with Crippen molar-refractivity contribution in [3.05, 3.63) is 16.1 Å². The van der Waals surface area contributed by atoms with Gasteiger partial charge in [0, 0.05) is 17.3 Å². The largest absolute Gasteiger partial charge is 0.323 e. The highest BCUT2D eigenvalue weighted by Crippen LogP contribution is 2.75. The molecule has 2 unspecified atom stereocenters. The van der Waals surface area contributed by atoms with E-state index in [-0.39, 0.29) is 6.04 Å². The molecule has 2 saturated carbocycles. The molecule has 1 heterocycles. The molecule has 1 aromatic rings. The van der Waals surface area contributed by atoms with Crippen molar-refractivity contribution < 1.29 is 0 Å². The number of nitrogens with zero attached hydrogens (tertiary/aromatic N) is 1. The fourth-order valence-electron chi connectivity index (χ4n) is 2.25. The van der Waals surface area contributed by atoms with Gasteiger partial charge in [-0.2, -0.15) is 0 Å². The molecule has 0 radical (unpaired) electrons. The Morgan fingerprint density at radius 1 is 1.71 bits per heavy atom. The Hall–Kier alpha value is -0.410. The van der Waals surface area contributed by atoms with E-state index in [0.29, 0.717) is 0 Å². The summed E-state index contributed by atoms with van der Waals surface area (Å²) in [5, 5.41) is 3.50. The topological polar surface area (TPSA) is 38.9 Å². The first-order chi connectivity index (χ1) is 6.75. The molecule has 3 rings (SSSR count). The van der Waals surface area contributed by atoms with Crippen molar-refractivity contribution in [1.29, 1.82) is 0 Å². The first-order valence-electron chi connectivity index (χ1n) is 5.46. The molecule has 2 aliphatic carbocycles. The van der Waals surface area contributed by atoms with Crippen LogP contribution in [0.15, 0.2) is 5.38 Å². The SMILES string of the molecule is CCC(N)c1csc(C2CC23CC3)n1. The average Bonchev–Trinajstić information content (AvgIpc) is 3.09. The second-order valence-electron chi connectivity index (χ2n) is 4.74. The highest BCUT2D eigenvalue weighted by atomic mass is 32.1. The predicted molar refractivity (Wildman–Crippen MR) is 58.4 cm³/mol. The third-order valence-corrected chi connectivity index (χ3v) is 4.72. The lowest BCUT2D eigenvalue weighted by Crippen LogP contribution is -2.08. The number of thiazole rings is 1. The zero-order valence-electron chi connectivity index (χ0n) is 8.49. The number of hydrogen-bond acceptors (Lipinski definition) is 3. The van der Waals surface area contributed by atoms with Gasteiger partial charge in [0.15, 0.2) is 0 Å². The van der Waals surface area contributed by atoms with Crippen LogP contribution in [0.1, 0.15) is 55.3 Å². The van der Waals surface area contributed by atoms with E-state index in [1.54, 1.807) is 0 Å². The second kappa shape index (κ2) is 2.80. The second-order valence-corrected chi connectivity index (χ2v) is 5.63. The van der Waals surface area contributed by atoms with Gasteiger partial charge in [0.25, 0.3) is 0 Å². The molecule has 0 saturated heterocycles.